The number of nitro groups is 1. The number of amides is 2. The first-order valence-corrected chi connectivity index (χ1v) is 16.8. The number of phenols is 1. The first-order chi connectivity index (χ1) is 24.7. The van der Waals surface area contributed by atoms with Gasteiger partial charge in [0.2, 0.25) is 11.8 Å². The lowest BCUT2D eigenvalue weighted by Gasteiger charge is -2.55. The maximum absolute atomic E-state index is 15.1. The first-order valence-electron chi connectivity index (χ1n) is 16.8. The number of ether oxygens (including phenoxy) is 1. The highest BCUT2D eigenvalue weighted by Crippen LogP contribution is 2.64. The number of phenolic OH excluding ortho intramolecular Hbond substituents is 1. The summed E-state index contributed by atoms with van der Waals surface area (Å²) in [6, 6.07) is 28.5. The van der Waals surface area contributed by atoms with Gasteiger partial charge in [0.1, 0.15) is 0 Å². The molecule has 1 heterocycles. The number of Topliss-reactive ketones (excluding diaryl/α,β-unsaturated/α-hetero) is 1. The van der Waals surface area contributed by atoms with Crippen molar-refractivity contribution in [3.05, 3.63) is 148 Å². The number of hydrogen-bond donors (Lipinski definition) is 1. The number of ketones is 2. The highest BCUT2D eigenvalue weighted by atomic mass is 16.6. The number of fused-ring (bicyclic) bond motifs is 4. The second kappa shape index (κ2) is 12.0. The largest absolute Gasteiger partial charge is 0.504 e. The molecule has 1 aliphatic heterocycles. The molecule has 3 aliphatic carbocycles. The molecule has 1 saturated carbocycles. The average molecular weight is 681 g/mol. The highest BCUT2D eigenvalue weighted by molar-refractivity contribution is 6.32. The highest BCUT2D eigenvalue weighted by Gasteiger charge is 2.66. The quantitative estimate of drug-likeness (QED) is 0.108. The molecule has 254 valence electrons. The Balaban J connectivity index is 1.35. The van der Waals surface area contributed by atoms with Crippen LogP contribution in [0.25, 0.3) is 5.57 Å². The number of carbonyl (C=O) groups excluding carboxylic acids is 4. The molecule has 2 fully saturated rings. The van der Waals surface area contributed by atoms with Crippen LogP contribution in [0.4, 0.5) is 11.4 Å². The van der Waals surface area contributed by atoms with E-state index in [1.807, 2.05) is 42.5 Å². The van der Waals surface area contributed by atoms with Crippen molar-refractivity contribution in [2.24, 2.45) is 23.7 Å². The fourth-order valence-corrected chi connectivity index (χ4v) is 9.14. The summed E-state index contributed by atoms with van der Waals surface area (Å²) in [6.07, 6.45) is 3.67. The number of rotatable bonds is 6. The van der Waals surface area contributed by atoms with Crippen LogP contribution in [0.1, 0.15) is 35.4 Å². The summed E-state index contributed by atoms with van der Waals surface area (Å²) in [6.45, 7) is 0. The third-order valence-electron chi connectivity index (χ3n) is 11.2. The minimum absolute atomic E-state index is 0.108. The van der Waals surface area contributed by atoms with E-state index in [2.05, 4.69) is 0 Å². The molecule has 0 aromatic heterocycles. The minimum atomic E-state index is -1.45. The smallest absolute Gasteiger partial charge is 0.271 e. The number of anilines is 1. The summed E-state index contributed by atoms with van der Waals surface area (Å²) < 4.78 is 5.35. The zero-order valence-corrected chi connectivity index (χ0v) is 27.5. The second-order valence-electron chi connectivity index (χ2n) is 13.5. The topological polar surface area (TPSA) is 144 Å². The van der Waals surface area contributed by atoms with Gasteiger partial charge in [0.05, 0.1) is 35.0 Å². The van der Waals surface area contributed by atoms with Crippen molar-refractivity contribution in [2.45, 2.75) is 24.2 Å². The number of benzene rings is 4. The van der Waals surface area contributed by atoms with Crippen LogP contribution in [0.15, 0.2) is 121 Å². The van der Waals surface area contributed by atoms with Gasteiger partial charge in [-0.15, -0.1) is 0 Å². The van der Waals surface area contributed by atoms with E-state index in [0.717, 1.165) is 10.5 Å². The number of non-ortho nitro benzene ring substituents is 1. The van der Waals surface area contributed by atoms with E-state index >= 15 is 4.79 Å². The van der Waals surface area contributed by atoms with Gasteiger partial charge in [-0.25, -0.2) is 4.90 Å². The van der Waals surface area contributed by atoms with Gasteiger partial charge in [-0.3, -0.25) is 29.3 Å². The van der Waals surface area contributed by atoms with Crippen LogP contribution in [-0.4, -0.2) is 40.5 Å². The van der Waals surface area contributed by atoms with Crippen LogP contribution in [0.3, 0.4) is 0 Å². The average Bonchev–Trinajstić information content (AvgIpc) is 3.41. The Morgan fingerprint density at radius 3 is 2.27 bits per heavy atom. The van der Waals surface area contributed by atoms with Crippen LogP contribution in [0, 0.1) is 33.8 Å². The van der Waals surface area contributed by atoms with Gasteiger partial charge in [0.25, 0.3) is 5.69 Å². The zero-order chi connectivity index (χ0) is 35.6. The van der Waals surface area contributed by atoms with Crippen LogP contribution in [0.5, 0.6) is 11.5 Å². The Morgan fingerprint density at radius 1 is 0.863 bits per heavy atom. The lowest BCUT2D eigenvalue weighted by molar-refractivity contribution is -0.384. The fraction of sp³-hybridized carbons (Fsp3) is 0.220. The Bertz CT molecular complexity index is 2210. The molecule has 4 aliphatic rings. The minimum Gasteiger partial charge on any atom is -0.504 e. The zero-order valence-electron chi connectivity index (χ0n) is 27.5. The second-order valence-corrected chi connectivity index (χ2v) is 13.5. The van der Waals surface area contributed by atoms with Crippen molar-refractivity contribution in [1.29, 1.82) is 0 Å². The Kier molecular flexibility index (Phi) is 7.55. The molecule has 10 nitrogen and oxygen atoms in total. The fourth-order valence-electron chi connectivity index (χ4n) is 9.14. The number of nitro benzene ring substituents is 1. The van der Waals surface area contributed by atoms with Crippen molar-refractivity contribution in [3.8, 4) is 11.5 Å². The van der Waals surface area contributed by atoms with E-state index in [1.54, 1.807) is 42.5 Å². The summed E-state index contributed by atoms with van der Waals surface area (Å²) in [4.78, 5) is 70.6. The standard InChI is InChI=1S/C41H32N2O8/c1-51-34-18-15-24(19-33(34)44)37-28-16-17-29-36(40(48)42(39(29)47)26-13-8-14-27(20-26)43(49)50)31(28)21-32-38(46)30(23-9-4-2-5-10-23)22-35(45)41(32,37)25-11-6-3-7-12-25/h2-16,18-20,22,29,31-32,36-37,44H,17,21H2,1H3/t29-,31+,32-,36-,37-,41-/m0/s1. The van der Waals surface area contributed by atoms with E-state index in [-0.39, 0.29) is 52.9 Å². The molecule has 0 radical (unpaired) electrons. The molecule has 0 bridgehead atoms. The van der Waals surface area contributed by atoms with Crippen LogP contribution < -0.4 is 9.64 Å². The predicted octanol–water partition coefficient (Wildman–Crippen LogP) is 6.34. The van der Waals surface area contributed by atoms with E-state index in [1.165, 1.54) is 37.5 Å². The third kappa shape index (κ3) is 4.70. The van der Waals surface area contributed by atoms with Crippen LogP contribution >= 0.6 is 0 Å². The number of aromatic hydroxyl groups is 1. The summed E-state index contributed by atoms with van der Waals surface area (Å²) in [5, 5.41) is 22.7. The van der Waals surface area contributed by atoms with Crippen LogP contribution in [-0.2, 0) is 24.6 Å². The molecule has 0 spiro atoms. The van der Waals surface area contributed by atoms with E-state index < -0.39 is 51.7 Å². The Morgan fingerprint density at radius 2 is 1.59 bits per heavy atom. The van der Waals surface area contributed by atoms with Gasteiger partial charge >= 0.3 is 0 Å². The molecule has 1 N–H and O–H groups in total. The van der Waals surface area contributed by atoms with Crippen molar-refractivity contribution in [1.82, 2.24) is 0 Å². The molecule has 2 amide bonds. The lowest BCUT2D eigenvalue weighted by Crippen LogP contribution is -2.58. The lowest BCUT2D eigenvalue weighted by atomic mass is 9.44. The van der Waals surface area contributed by atoms with Gasteiger partial charge in [0, 0.05) is 29.5 Å². The molecular formula is C41H32N2O8. The van der Waals surface area contributed by atoms with Crippen LogP contribution in [0.2, 0.25) is 0 Å². The summed E-state index contributed by atoms with van der Waals surface area (Å²) in [5.41, 5.74) is 1.21. The van der Waals surface area contributed by atoms with E-state index in [0.29, 0.717) is 16.7 Å². The van der Waals surface area contributed by atoms with Crippen molar-refractivity contribution in [3.63, 3.8) is 0 Å². The van der Waals surface area contributed by atoms with E-state index in [4.69, 9.17) is 4.74 Å². The van der Waals surface area contributed by atoms with Crippen molar-refractivity contribution >= 4 is 40.3 Å². The van der Waals surface area contributed by atoms with Gasteiger partial charge < -0.3 is 9.84 Å². The number of nitrogens with zero attached hydrogens (tertiary/aromatic N) is 2. The molecular weight excluding hydrogens is 648 g/mol. The number of imide groups is 1. The molecule has 8 rings (SSSR count). The Hall–Kier alpha value is -6.16. The number of hydrogen-bond acceptors (Lipinski definition) is 8. The molecule has 51 heavy (non-hydrogen) atoms. The van der Waals surface area contributed by atoms with Gasteiger partial charge in [-0.2, -0.15) is 0 Å². The maximum atomic E-state index is 15.1. The SMILES string of the molecule is COc1ccc([C@H]2C3=CC[C@@H]4C(=O)N(c5cccc([N+](=O)[O-])c5)C(=O)[C@@H]4[C@@H]3C[C@H]3C(=O)C(c4ccccc4)=CC(=O)[C@@]23c2ccccc2)cc1O. The number of allylic oxidation sites excluding steroid dienone is 4. The summed E-state index contributed by atoms with van der Waals surface area (Å²) >= 11 is 0. The molecule has 10 heteroatoms. The van der Waals surface area contributed by atoms with Gasteiger partial charge in [0.15, 0.2) is 23.1 Å². The van der Waals surface area contributed by atoms with Crippen molar-refractivity contribution < 1.29 is 33.9 Å². The number of carbonyl (C=O) groups is 4. The first kappa shape index (κ1) is 32.1. The predicted molar refractivity (Wildman–Crippen MR) is 187 cm³/mol. The van der Waals surface area contributed by atoms with Crippen molar-refractivity contribution in [2.75, 3.05) is 12.0 Å². The molecule has 1 saturated heterocycles. The summed E-state index contributed by atoms with van der Waals surface area (Å²) in [7, 11) is 1.44. The molecule has 0 unspecified atom stereocenters. The number of methoxy groups -OCH3 is 1. The third-order valence-corrected chi connectivity index (χ3v) is 11.2. The van der Waals surface area contributed by atoms with Gasteiger partial charge in [-0.05, 0) is 59.7 Å². The Labute approximate surface area is 292 Å². The summed E-state index contributed by atoms with van der Waals surface area (Å²) in [5.74, 6) is -5.43. The normalized spacial score (nSPS) is 26.8. The molecule has 4 aromatic rings. The van der Waals surface area contributed by atoms with E-state index in [9.17, 15) is 29.6 Å². The maximum Gasteiger partial charge on any atom is 0.271 e. The molecule has 4 aromatic carbocycles. The van der Waals surface area contributed by atoms with Gasteiger partial charge in [-0.1, -0.05) is 84.4 Å². The molecule has 6 atom stereocenters. The monoisotopic (exact) mass is 680 g/mol.